The molecule has 0 amide bonds. The first kappa shape index (κ1) is 16.9. The molecule has 0 bridgehead atoms. The summed E-state index contributed by atoms with van der Waals surface area (Å²) >= 11 is 0. The normalized spacial score (nSPS) is 23.3. The van der Waals surface area contributed by atoms with Gasteiger partial charge in [-0.1, -0.05) is 39.0 Å². The van der Waals surface area contributed by atoms with Crippen molar-refractivity contribution in [1.82, 2.24) is 0 Å². The molecule has 0 aromatic heterocycles. The van der Waals surface area contributed by atoms with E-state index in [2.05, 4.69) is 6.58 Å². The van der Waals surface area contributed by atoms with Crippen molar-refractivity contribution in [3.63, 3.8) is 0 Å². The Hall–Kier alpha value is -1.45. The van der Waals surface area contributed by atoms with Gasteiger partial charge in [-0.25, -0.2) is 0 Å². The molecule has 0 heterocycles. The molecule has 22 heavy (non-hydrogen) atoms. The molecule has 0 aliphatic heterocycles. The van der Waals surface area contributed by atoms with Gasteiger partial charge in [-0.2, -0.15) is 13.2 Å². The van der Waals surface area contributed by atoms with E-state index in [1.54, 1.807) is 12.1 Å². The molecule has 2 atom stereocenters. The Balaban J connectivity index is 2.14. The summed E-state index contributed by atoms with van der Waals surface area (Å²) in [6, 6.07) is 5.51. The summed E-state index contributed by atoms with van der Waals surface area (Å²) in [7, 11) is 0. The Morgan fingerprint density at radius 3 is 2.23 bits per heavy atom. The van der Waals surface area contributed by atoms with E-state index in [-0.39, 0.29) is 17.1 Å². The van der Waals surface area contributed by atoms with Crippen LogP contribution >= 0.6 is 0 Å². The molecule has 1 N–H and O–H groups in total. The molecule has 122 valence electrons. The molecule has 1 fully saturated rings. The third kappa shape index (κ3) is 3.47. The van der Waals surface area contributed by atoms with Crippen molar-refractivity contribution in [2.75, 3.05) is 0 Å². The number of halogens is 3. The Morgan fingerprint density at radius 2 is 1.73 bits per heavy atom. The maximum atomic E-state index is 12.6. The first-order valence-electron chi connectivity index (χ1n) is 7.68. The topological polar surface area (TPSA) is 20.2 Å². The van der Waals surface area contributed by atoms with Crippen LogP contribution < -0.4 is 0 Å². The summed E-state index contributed by atoms with van der Waals surface area (Å²) in [5, 5.41) is 9.80. The predicted octanol–water partition coefficient (Wildman–Crippen LogP) is 6.08. The highest BCUT2D eigenvalue weighted by Crippen LogP contribution is 2.46. The van der Waals surface area contributed by atoms with E-state index >= 15 is 0 Å². The van der Waals surface area contributed by atoms with Crippen LogP contribution in [0.4, 0.5) is 13.2 Å². The minimum Gasteiger partial charge on any atom is -0.512 e. The molecule has 0 spiro atoms. The summed E-state index contributed by atoms with van der Waals surface area (Å²) in [5.74, 6) is 0.733. The Kier molecular flexibility index (Phi) is 4.59. The highest BCUT2D eigenvalue weighted by molar-refractivity contribution is 5.27. The molecule has 4 heteroatoms. The van der Waals surface area contributed by atoms with Gasteiger partial charge in [-0.3, -0.25) is 0 Å². The first-order chi connectivity index (χ1) is 10.1. The molecule has 0 radical (unpaired) electrons. The Bertz CT molecular complexity index is 528. The highest BCUT2D eigenvalue weighted by atomic mass is 19.4. The average Bonchev–Trinajstić information content (AvgIpc) is 2.46. The molecule has 1 aromatic rings. The zero-order valence-corrected chi connectivity index (χ0v) is 13.1. The Morgan fingerprint density at radius 1 is 1.14 bits per heavy atom. The second-order valence-electron chi connectivity index (χ2n) is 6.85. The fraction of sp³-hybridized carbons (Fsp3) is 0.556. The lowest BCUT2D eigenvalue weighted by atomic mass is 9.66. The van der Waals surface area contributed by atoms with E-state index in [4.69, 9.17) is 0 Å². The molecular formula is C18H23F3O. The number of allylic oxidation sites excluding steroid dienone is 1. The second kappa shape index (κ2) is 5.98. The molecule has 1 nitrogen and oxygen atoms in total. The lowest BCUT2D eigenvalue weighted by molar-refractivity contribution is -0.137. The van der Waals surface area contributed by atoms with Crippen molar-refractivity contribution >= 4 is 0 Å². The van der Waals surface area contributed by atoms with Gasteiger partial charge in [0.2, 0.25) is 0 Å². The first-order valence-corrected chi connectivity index (χ1v) is 7.68. The van der Waals surface area contributed by atoms with Gasteiger partial charge in [0, 0.05) is 5.41 Å². The van der Waals surface area contributed by atoms with Crippen LogP contribution in [0.25, 0.3) is 0 Å². The zero-order valence-electron chi connectivity index (χ0n) is 13.1. The van der Waals surface area contributed by atoms with Gasteiger partial charge in [0.1, 0.15) is 0 Å². The molecule has 1 aromatic carbocycles. The lowest BCUT2D eigenvalue weighted by Crippen LogP contribution is -2.30. The third-order valence-corrected chi connectivity index (χ3v) is 5.15. The minimum absolute atomic E-state index is 0.186. The van der Waals surface area contributed by atoms with Gasteiger partial charge < -0.3 is 5.11 Å². The monoisotopic (exact) mass is 312 g/mol. The number of benzene rings is 1. The Labute approximate surface area is 129 Å². The largest absolute Gasteiger partial charge is 0.512 e. The fourth-order valence-corrected chi connectivity index (χ4v) is 3.33. The molecule has 0 saturated heterocycles. The van der Waals surface area contributed by atoms with Crippen molar-refractivity contribution in [2.24, 2.45) is 11.3 Å². The van der Waals surface area contributed by atoms with E-state index < -0.39 is 11.7 Å². The van der Waals surface area contributed by atoms with Crippen molar-refractivity contribution in [3.05, 3.63) is 47.7 Å². The highest BCUT2D eigenvalue weighted by Gasteiger charge is 2.37. The molecule has 1 saturated carbocycles. The molecule has 0 unspecified atom stereocenters. The van der Waals surface area contributed by atoms with E-state index in [0.717, 1.165) is 43.4 Å². The number of hydrogen-bond acceptors (Lipinski definition) is 1. The SMILES string of the molecule is C=C(O)C(C)(C)[C@@H]1CCC[C@H](c2ccc(C(F)(F)F)cc2)C1. The van der Waals surface area contributed by atoms with Crippen LogP contribution in [-0.2, 0) is 6.18 Å². The second-order valence-corrected chi connectivity index (χ2v) is 6.85. The van der Waals surface area contributed by atoms with Crippen LogP contribution in [0.5, 0.6) is 0 Å². The quantitative estimate of drug-likeness (QED) is 0.671. The van der Waals surface area contributed by atoms with Crippen LogP contribution in [0, 0.1) is 11.3 Å². The average molecular weight is 312 g/mol. The molecular weight excluding hydrogens is 289 g/mol. The standard InChI is InChI=1S/C18H23F3O/c1-12(22)17(2,3)16-6-4-5-14(11-16)13-7-9-15(10-8-13)18(19,20)21/h7-10,14,16,22H,1,4-6,11H2,2-3H3/t14-,16+/m0/s1. The summed E-state index contributed by atoms with van der Waals surface area (Å²) in [4.78, 5) is 0. The van der Waals surface area contributed by atoms with Crippen LogP contribution in [0.2, 0.25) is 0 Å². The van der Waals surface area contributed by atoms with Gasteiger partial charge in [-0.15, -0.1) is 0 Å². The minimum atomic E-state index is -4.29. The number of hydrogen-bond donors (Lipinski definition) is 1. The summed E-state index contributed by atoms with van der Waals surface area (Å²) in [6.07, 6.45) is -0.394. The van der Waals surface area contributed by atoms with E-state index in [0.29, 0.717) is 5.92 Å². The van der Waals surface area contributed by atoms with Crippen LogP contribution in [0.1, 0.15) is 56.6 Å². The van der Waals surface area contributed by atoms with Crippen LogP contribution in [0.3, 0.4) is 0 Å². The van der Waals surface area contributed by atoms with Gasteiger partial charge in [0.05, 0.1) is 11.3 Å². The summed E-state index contributed by atoms with van der Waals surface area (Å²) < 4.78 is 37.9. The third-order valence-electron chi connectivity index (χ3n) is 5.15. The fourth-order valence-electron chi connectivity index (χ4n) is 3.33. The van der Waals surface area contributed by atoms with Gasteiger partial charge in [0.15, 0.2) is 0 Å². The number of alkyl halides is 3. The van der Waals surface area contributed by atoms with Crippen molar-refractivity contribution in [1.29, 1.82) is 0 Å². The summed E-state index contributed by atoms with van der Waals surface area (Å²) in [5.41, 5.74) is -0.00497. The maximum Gasteiger partial charge on any atom is 0.416 e. The van der Waals surface area contributed by atoms with E-state index in [9.17, 15) is 18.3 Å². The van der Waals surface area contributed by atoms with Crippen molar-refractivity contribution < 1.29 is 18.3 Å². The van der Waals surface area contributed by atoms with Crippen LogP contribution in [-0.4, -0.2) is 5.11 Å². The van der Waals surface area contributed by atoms with Crippen LogP contribution in [0.15, 0.2) is 36.6 Å². The van der Waals surface area contributed by atoms with Gasteiger partial charge in [-0.05, 0) is 48.8 Å². The van der Waals surface area contributed by atoms with E-state index in [1.165, 1.54) is 0 Å². The van der Waals surface area contributed by atoms with Gasteiger partial charge in [0.25, 0.3) is 0 Å². The van der Waals surface area contributed by atoms with Crippen molar-refractivity contribution in [2.45, 2.75) is 51.6 Å². The maximum absolute atomic E-state index is 12.6. The zero-order chi connectivity index (χ0) is 16.5. The molecule has 2 rings (SSSR count). The smallest absolute Gasteiger partial charge is 0.416 e. The van der Waals surface area contributed by atoms with Crippen molar-refractivity contribution in [3.8, 4) is 0 Å². The summed E-state index contributed by atoms with van der Waals surface area (Å²) in [6.45, 7) is 7.63. The number of aliphatic hydroxyl groups excluding tert-OH is 1. The predicted molar refractivity (Wildman–Crippen MR) is 81.7 cm³/mol. The van der Waals surface area contributed by atoms with Gasteiger partial charge >= 0.3 is 6.18 Å². The lowest BCUT2D eigenvalue weighted by Gasteiger charge is -2.39. The molecule has 1 aliphatic rings. The number of rotatable bonds is 3. The van der Waals surface area contributed by atoms with E-state index in [1.807, 2.05) is 13.8 Å². The number of aliphatic hydroxyl groups is 1. The molecule has 1 aliphatic carbocycles.